The van der Waals surface area contributed by atoms with Crippen LogP contribution in [0.1, 0.15) is 29.0 Å². The quantitative estimate of drug-likeness (QED) is 0.377. The van der Waals surface area contributed by atoms with Gasteiger partial charge in [-0.15, -0.1) is 0 Å². The maximum Gasteiger partial charge on any atom is 0.244 e. The second kappa shape index (κ2) is 13.2. The first-order valence-corrected chi connectivity index (χ1v) is 13.0. The van der Waals surface area contributed by atoms with Crippen molar-refractivity contribution in [2.24, 2.45) is 5.73 Å². The first-order valence-electron chi connectivity index (χ1n) is 12.6. The van der Waals surface area contributed by atoms with Gasteiger partial charge >= 0.3 is 0 Å². The number of nitrogens with one attached hydrogen (secondary N) is 2. The molecule has 0 aromatic heterocycles. The van der Waals surface area contributed by atoms with Crippen molar-refractivity contribution in [2.75, 3.05) is 26.2 Å². The van der Waals surface area contributed by atoms with Gasteiger partial charge in [0.05, 0.1) is 6.04 Å². The summed E-state index contributed by atoms with van der Waals surface area (Å²) in [5.74, 6) is -0.142. The van der Waals surface area contributed by atoms with E-state index >= 15 is 0 Å². The number of nitrogens with zero attached hydrogens (tertiary/aromatic N) is 1. The Bertz CT molecular complexity index is 1150. The first-order chi connectivity index (χ1) is 18.0. The van der Waals surface area contributed by atoms with Gasteiger partial charge < -0.3 is 21.3 Å². The highest BCUT2D eigenvalue weighted by atomic mass is 35.5. The summed E-state index contributed by atoms with van der Waals surface area (Å²) >= 11 is 5.91. The maximum absolute atomic E-state index is 13.4. The molecular formula is C30H33ClN4O2. The van der Waals surface area contributed by atoms with E-state index in [0.29, 0.717) is 31.1 Å². The van der Waals surface area contributed by atoms with Crippen LogP contribution >= 0.6 is 11.6 Å². The first kappa shape index (κ1) is 26.6. The van der Waals surface area contributed by atoms with E-state index < -0.39 is 6.04 Å². The molecule has 0 radical (unpaired) electrons. The van der Waals surface area contributed by atoms with E-state index in [1.165, 1.54) is 17.2 Å². The smallest absolute Gasteiger partial charge is 0.244 e. The summed E-state index contributed by atoms with van der Waals surface area (Å²) < 4.78 is 0. The van der Waals surface area contributed by atoms with Crippen LogP contribution in [0.4, 0.5) is 0 Å². The molecule has 1 heterocycles. The van der Waals surface area contributed by atoms with E-state index in [0.717, 1.165) is 5.56 Å². The number of benzene rings is 3. The van der Waals surface area contributed by atoms with Crippen LogP contribution in [-0.4, -0.2) is 55.0 Å². The van der Waals surface area contributed by atoms with Gasteiger partial charge in [-0.3, -0.25) is 9.59 Å². The van der Waals surface area contributed by atoms with E-state index in [-0.39, 0.29) is 30.3 Å². The average Bonchev–Trinajstić information content (AvgIpc) is 3.09. The van der Waals surface area contributed by atoms with Crippen molar-refractivity contribution >= 4 is 29.5 Å². The fourth-order valence-electron chi connectivity index (χ4n) is 4.62. The molecule has 4 N–H and O–H groups in total. The van der Waals surface area contributed by atoms with Crippen LogP contribution in [-0.2, 0) is 9.59 Å². The monoisotopic (exact) mass is 516 g/mol. The van der Waals surface area contributed by atoms with Crippen LogP contribution < -0.4 is 16.4 Å². The van der Waals surface area contributed by atoms with Crippen molar-refractivity contribution < 1.29 is 9.59 Å². The molecule has 192 valence electrons. The number of amides is 2. The molecule has 1 aliphatic heterocycles. The van der Waals surface area contributed by atoms with Crippen LogP contribution in [0.3, 0.4) is 0 Å². The summed E-state index contributed by atoms with van der Waals surface area (Å²) in [5, 5.41) is 6.96. The average molecular weight is 517 g/mol. The fraction of sp³-hybridized carbons (Fsp3) is 0.267. The molecule has 6 nitrogen and oxygen atoms in total. The summed E-state index contributed by atoms with van der Waals surface area (Å²) in [6.45, 7) is 1.74. The lowest BCUT2D eigenvalue weighted by Gasteiger charge is -2.29. The number of hydrogen-bond donors (Lipinski definition) is 3. The van der Waals surface area contributed by atoms with Gasteiger partial charge in [-0.2, -0.15) is 0 Å². The third kappa shape index (κ3) is 7.52. The molecule has 1 aliphatic rings. The minimum absolute atomic E-state index is 0.00387. The molecule has 0 aliphatic carbocycles. The highest BCUT2D eigenvalue weighted by molar-refractivity contribution is 6.30. The molecule has 0 unspecified atom stereocenters. The van der Waals surface area contributed by atoms with Crippen molar-refractivity contribution in [1.29, 1.82) is 0 Å². The SMILES string of the molecule is NC[C@@H]1N[C@H](CNC(=O)/C=C/c2ccc(Cl)cc2)CCN(CC(c2ccccc2)c2ccccc2)C1=O. The second-order valence-corrected chi connectivity index (χ2v) is 9.67. The topological polar surface area (TPSA) is 87.5 Å². The van der Waals surface area contributed by atoms with Gasteiger partial charge in [0.2, 0.25) is 11.8 Å². The number of halogens is 1. The highest BCUT2D eigenvalue weighted by Gasteiger charge is 2.32. The Balaban J connectivity index is 1.40. The third-order valence-electron chi connectivity index (χ3n) is 6.66. The number of nitrogens with two attached hydrogens (primary N) is 1. The predicted molar refractivity (Wildman–Crippen MR) is 149 cm³/mol. The Morgan fingerprint density at radius 1 is 1.03 bits per heavy atom. The number of rotatable bonds is 9. The standard InChI is InChI=1S/C30H33ClN4O2/c31-25-14-11-22(12-15-25)13-16-29(36)33-20-26-17-18-35(30(37)28(19-32)34-26)21-27(23-7-3-1-4-8-23)24-9-5-2-6-10-24/h1-16,26-28,34H,17-21,32H2,(H,33,36)/b16-13+/t26-,28-/m0/s1. The van der Waals surface area contributed by atoms with Gasteiger partial charge in [-0.25, -0.2) is 0 Å². The molecule has 0 saturated carbocycles. The Kier molecular flexibility index (Phi) is 9.49. The largest absolute Gasteiger partial charge is 0.351 e. The molecule has 3 aromatic rings. The lowest BCUT2D eigenvalue weighted by molar-refractivity contribution is -0.132. The molecule has 2 amide bonds. The van der Waals surface area contributed by atoms with E-state index in [2.05, 4.69) is 34.9 Å². The molecule has 37 heavy (non-hydrogen) atoms. The van der Waals surface area contributed by atoms with Crippen molar-refractivity contribution in [1.82, 2.24) is 15.5 Å². The van der Waals surface area contributed by atoms with E-state index in [1.54, 1.807) is 18.2 Å². The molecule has 7 heteroatoms. The van der Waals surface area contributed by atoms with Gasteiger partial charge in [0, 0.05) is 49.2 Å². The molecular weight excluding hydrogens is 484 g/mol. The minimum Gasteiger partial charge on any atom is -0.351 e. The zero-order chi connectivity index (χ0) is 26.0. The van der Waals surface area contributed by atoms with Gasteiger partial charge in [0.15, 0.2) is 0 Å². The second-order valence-electron chi connectivity index (χ2n) is 9.23. The van der Waals surface area contributed by atoms with Crippen LogP contribution in [0.25, 0.3) is 6.08 Å². The lowest BCUT2D eigenvalue weighted by Crippen LogP contribution is -2.52. The summed E-state index contributed by atoms with van der Waals surface area (Å²) in [7, 11) is 0. The Hall–Kier alpha value is -3.45. The lowest BCUT2D eigenvalue weighted by atomic mass is 9.90. The fourth-order valence-corrected chi connectivity index (χ4v) is 4.74. The molecule has 2 atom stereocenters. The number of carbonyl (C=O) groups excluding carboxylic acids is 2. The molecule has 1 saturated heterocycles. The number of hydrogen-bond acceptors (Lipinski definition) is 4. The van der Waals surface area contributed by atoms with Crippen molar-refractivity contribution in [3.05, 3.63) is 113 Å². The zero-order valence-electron chi connectivity index (χ0n) is 20.7. The van der Waals surface area contributed by atoms with Crippen molar-refractivity contribution in [3.63, 3.8) is 0 Å². The summed E-state index contributed by atoms with van der Waals surface area (Å²) in [5.41, 5.74) is 9.23. The summed E-state index contributed by atoms with van der Waals surface area (Å²) in [6, 6.07) is 27.2. The highest BCUT2D eigenvalue weighted by Crippen LogP contribution is 2.26. The van der Waals surface area contributed by atoms with Crippen LogP contribution in [0, 0.1) is 0 Å². The van der Waals surface area contributed by atoms with Crippen molar-refractivity contribution in [2.45, 2.75) is 24.4 Å². The van der Waals surface area contributed by atoms with E-state index in [4.69, 9.17) is 17.3 Å². The Morgan fingerprint density at radius 2 is 1.65 bits per heavy atom. The van der Waals surface area contributed by atoms with E-state index in [9.17, 15) is 9.59 Å². The Labute approximate surface area is 223 Å². The third-order valence-corrected chi connectivity index (χ3v) is 6.91. The van der Waals surface area contributed by atoms with Gasteiger partial charge in [0.25, 0.3) is 0 Å². The molecule has 4 rings (SSSR count). The van der Waals surface area contributed by atoms with Crippen LogP contribution in [0.2, 0.25) is 5.02 Å². The van der Waals surface area contributed by atoms with Gasteiger partial charge in [-0.1, -0.05) is 84.4 Å². The molecule has 3 aromatic carbocycles. The summed E-state index contributed by atoms with van der Waals surface area (Å²) in [4.78, 5) is 27.7. The Morgan fingerprint density at radius 3 is 2.24 bits per heavy atom. The van der Waals surface area contributed by atoms with E-state index in [1.807, 2.05) is 53.4 Å². The molecule has 0 spiro atoms. The van der Waals surface area contributed by atoms with Crippen molar-refractivity contribution in [3.8, 4) is 0 Å². The van der Waals surface area contributed by atoms with Crippen LogP contribution in [0.5, 0.6) is 0 Å². The minimum atomic E-state index is -0.499. The predicted octanol–water partition coefficient (Wildman–Crippen LogP) is 3.82. The normalized spacial score (nSPS) is 18.2. The van der Waals surface area contributed by atoms with Gasteiger partial charge in [0.1, 0.15) is 0 Å². The molecule has 0 bridgehead atoms. The number of carbonyl (C=O) groups is 2. The molecule has 1 fully saturated rings. The maximum atomic E-state index is 13.4. The van der Waals surface area contributed by atoms with Crippen LogP contribution in [0.15, 0.2) is 91.0 Å². The zero-order valence-corrected chi connectivity index (χ0v) is 21.5. The summed E-state index contributed by atoms with van der Waals surface area (Å²) in [6.07, 6.45) is 3.95. The van der Waals surface area contributed by atoms with Gasteiger partial charge in [-0.05, 0) is 41.3 Å².